The van der Waals surface area contributed by atoms with E-state index >= 15 is 0 Å². The van der Waals surface area contributed by atoms with Gasteiger partial charge in [0.2, 0.25) is 0 Å². The molecule has 0 fully saturated rings. The van der Waals surface area contributed by atoms with Crippen molar-refractivity contribution in [3.63, 3.8) is 0 Å². The molecule has 1 N–H and O–H groups in total. The van der Waals surface area contributed by atoms with Gasteiger partial charge in [0.1, 0.15) is 5.82 Å². The lowest BCUT2D eigenvalue weighted by Crippen LogP contribution is -2.14. The molecule has 0 unspecified atom stereocenters. The molecule has 0 saturated heterocycles. The van der Waals surface area contributed by atoms with Gasteiger partial charge in [-0.2, -0.15) is 0 Å². The fraction of sp³-hybridized carbons (Fsp3) is 0.100. The number of nitrogens with one attached hydrogen (secondary N) is 1. The van der Waals surface area contributed by atoms with Gasteiger partial charge in [-0.15, -0.1) is 0 Å². The Balaban J connectivity index is 2.04. The van der Waals surface area contributed by atoms with Crippen molar-refractivity contribution in [2.75, 3.05) is 0 Å². The van der Waals surface area contributed by atoms with Crippen LogP contribution in [0.5, 0.6) is 0 Å². The summed E-state index contributed by atoms with van der Waals surface area (Å²) >= 11 is 0. The minimum absolute atomic E-state index is 0.273. The molecule has 0 bridgehead atoms. The van der Waals surface area contributed by atoms with E-state index in [0.717, 1.165) is 22.4 Å². The highest BCUT2D eigenvalue weighted by Crippen LogP contribution is 2.29. The Bertz CT molecular complexity index is 1160. The number of aromatic nitrogens is 3. The predicted octanol–water partition coefficient (Wildman–Crippen LogP) is 4.11. The molecule has 0 atom stereocenters. The summed E-state index contributed by atoms with van der Waals surface area (Å²) in [6.45, 7) is 3.91. The molecular formula is C20H16FN3O. The van der Waals surface area contributed by atoms with Gasteiger partial charge in [-0.1, -0.05) is 42.0 Å². The summed E-state index contributed by atoms with van der Waals surface area (Å²) in [5.41, 5.74) is 4.63. The average molecular weight is 333 g/mol. The van der Waals surface area contributed by atoms with Crippen molar-refractivity contribution in [1.82, 2.24) is 14.6 Å². The maximum atomic E-state index is 14.1. The lowest BCUT2D eigenvalue weighted by molar-refractivity contribution is 0.630. The molecule has 0 aliphatic rings. The third-order valence-corrected chi connectivity index (χ3v) is 4.25. The van der Waals surface area contributed by atoms with Crippen LogP contribution in [0.4, 0.5) is 4.39 Å². The SMILES string of the molecule is Cc1cccc(-c2c(C)[nH]n3c(=O)cc(-c4ccccc4F)nc23)c1. The van der Waals surface area contributed by atoms with Gasteiger partial charge < -0.3 is 0 Å². The van der Waals surface area contributed by atoms with Gasteiger partial charge in [0.25, 0.3) is 5.56 Å². The van der Waals surface area contributed by atoms with Gasteiger partial charge in [0, 0.05) is 22.9 Å². The number of hydrogen-bond acceptors (Lipinski definition) is 2. The maximum Gasteiger partial charge on any atom is 0.273 e. The van der Waals surface area contributed by atoms with E-state index in [-0.39, 0.29) is 5.56 Å². The van der Waals surface area contributed by atoms with E-state index in [2.05, 4.69) is 10.1 Å². The summed E-state index contributed by atoms with van der Waals surface area (Å²) in [7, 11) is 0. The number of fused-ring (bicyclic) bond motifs is 1. The van der Waals surface area contributed by atoms with Crippen molar-refractivity contribution >= 4 is 5.65 Å². The maximum absolute atomic E-state index is 14.1. The number of halogens is 1. The molecule has 124 valence electrons. The quantitative estimate of drug-likeness (QED) is 0.600. The van der Waals surface area contributed by atoms with Gasteiger partial charge >= 0.3 is 0 Å². The first-order valence-corrected chi connectivity index (χ1v) is 7.99. The molecule has 0 spiro atoms. The van der Waals surface area contributed by atoms with E-state index in [9.17, 15) is 9.18 Å². The number of rotatable bonds is 2. The Morgan fingerprint density at radius 1 is 1.04 bits per heavy atom. The normalized spacial score (nSPS) is 11.2. The number of H-pyrrole nitrogens is 1. The molecule has 5 heteroatoms. The lowest BCUT2D eigenvalue weighted by Gasteiger charge is -2.05. The third kappa shape index (κ3) is 2.54. The van der Waals surface area contributed by atoms with Crippen molar-refractivity contribution in [3.05, 3.63) is 82.0 Å². The van der Waals surface area contributed by atoms with Crippen LogP contribution in [0.1, 0.15) is 11.3 Å². The van der Waals surface area contributed by atoms with Gasteiger partial charge in [-0.05, 0) is 31.5 Å². The first-order valence-electron chi connectivity index (χ1n) is 7.99. The number of aryl methyl sites for hydroxylation is 2. The highest BCUT2D eigenvalue weighted by molar-refractivity contribution is 5.81. The minimum atomic E-state index is -0.400. The summed E-state index contributed by atoms with van der Waals surface area (Å²) < 4.78 is 15.5. The van der Waals surface area contributed by atoms with Crippen LogP contribution < -0.4 is 5.56 Å². The zero-order valence-electron chi connectivity index (χ0n) is 13.9. The van der Waals surface area contributed by atoms with Crippen LogP contribution in [0.15, 0.2) is 59.4 Å². The van der Waals surface area contributed by atoms with Crippen LogP contribution in [-0.4, -0.2) is 14.6 Å². The van der Waals surface area contributed by atoms with Gasteiger partial charge in [-0.25, -0.2) is 13.9 Å². The topological polar surface area (TPSA) is 50.2 Å². The zero-order valence-corrected chi connectivity index (χ0v) is 13.9. The number of aromatic amines is 1. The van der Waals surface area contributed by atoms with Crippen molar-refractivity contribution in [2.45, 2.75) is 13.8 Å². The fourth-order valence-electron chi connectivity index (χ4n) is 3.10. The van der Waals surface area contributed by atoms with Gasteiger partial charge in [-0.3, -0.25) is 9.89 Å². The van der Waals surface area contributed by atoms with Crippen LogP contribution >= 0.6 is 0 Å². The number of hydrogen-bond donors (Lipinski definition) is 1. The summed E-state index contributed by atoms with van der Waals surface area (Å²) in [5.74, 6) is -0.400. The fourth-order valence-corrected chi connectivity index (χ4v) is 3.10. The van der Waals surface area contributed by atoms with E-state index in [1.54, 1.807) is 18.2 Å². The average Bonchev–Trinajstić information content (AvgIpc) is 2.92. The summed E-state index contributed by atoms with van der Waals surface area (Å²) in [5, 5.41) is 3.05. The van der Waals surface area contributed by atoms with Crippen molar-refractivity contribution in [2.24, 2.45) is 0 Å². The van der Waals surface area contributed by atoms with E-state index in [0.29, 0.717) is 16.9 Å². The molecular weight excluding hydrogens is 317 g/mol. The number of benzene rings is 2. The van der Waals surface area contributed by atoms with Gasteiger partial charge in [0.15, 0.2) is 5.65 Å². The second kappa shape index (κ2) is 5.70. The van der Waals surface area contributed by atoms with Crippen LogP contribution in [0.2, 0.25) is 0 Å². The highest BCUT2D eigenvalue weighted by Gasteiger charge is 2.16. The Morgan fingerprint density at radius 3 is 2.60 bits per heavy atom. The Labute approximate surface area is 143 Å². The van der Waals surface area contributed by atoms with Crippen molar-refractivity contribution in [1.29, 1.82) is 0 Å². The molecule has 0 radical (unpaired) electrons. The standard InChI is InChI=1S/C20H16FN3O/c1-12-6-5-7-14(10-12)19-13(2)23-24-18(25)11-17(22-20(19)24)15-8-3-4-9-16(15)21/h3-11,23H,1-2H3. The molecule has 0 amide bonds. The second-order valence-electron chi connectivity index (χ2n) is 6.10. The van der Waals surface area contributed by atoms with E-state index in [4.69, 9.17) is 0 Å². The summed E-state index contributed by atoms with van der Waals surface area (Å²) in [6.07, 6.45) is 0. The van der Waals surface area contributed by atoms with Crippen LogP contribution in [0.25, 0.3) is 28.0 Å². The Morgan fingerprint density at radius 2 is 1.84 bits per heavy atom. The van der Waals surface area contributed by atoms with E-state index in [1.165, 1.54) is 16.6 Å². The summed E-state index contributed by atoms with van der Waals surface area (Å²) in [4.78, 5) is 17.1. The van der Waals surface area contributed by atoms with E-state index < -0.39 is 5.82 Å². The highest BCUT2D eigenvalue weighted by atomic mass is 19.1. The minimum Gasteiger partial charge on any atom is -0.293 e. The smallest absolute Gasteiger partial charge is 0.273 e. The number of nitrogens with zero attached hydrogens (tertiary/aromatic N) is 2. The molecule has 2 heterocycles. The molecule has 25 heavy (non-hydrogen) atoms. The molecule has 2 aromatic heterocycles. The predicted molar refractivity (Wildman–Crippen MR) is 96.1 cm³/mol. The molecule has 4 aromatic rings. The van der Waals surface area contributed by atoms with Crippen molar-refractivity contribution in [3.8, 4) is 22.4 Å². The molecule has 2 aromatic carbocycles. The molecule has 0 aliphatic heterocycles. The zero-order chi connectivity index (χ0) is 17.6. The summed E-state index contributed by atoms with van der Waals surface area (Å²) in [6, 6.07) is 15.7. The Hall–Kier alpha value is -3.21. The monoisotopic (exact) mass is 333 g/mol. The van der Waals surface area contributed by atoms with Crippen LogP contribution in [-0.2, 0) is 0 Å². The van der Waals surface area contributed by atoms with E-state index in [1.807, 2.05) is 38.1 Å². The van der Waals surface area contributed by atoms with Crippen LogP contribution in [0.3, 0.4) is 0 Å². The molecule has 4 rings (SSSR count). The molecule has 0 saturated carbocycles. The van der Waals surface area contributed by atoms with Crippen molar-refractivity contribution < 1.29 is 4.39 Å². The second-order valence-corrected chi connectivity index (χ2v) is 6.10. The first kappa shape index (κ1) is 15.3. The van der Waals surface area contributed by atoms with Gasteiger partial charge in [0.05, 0.1) is 5.69 Å². The van der Waals surface area contributed by atoms with Crippen LogP contribution in [0, 0.1) is 19.7 Å². The molecule has 0 aliphatic carbocycles. The largest absolute Gasteiger partial charge is 0.293 e. The Kier molecular flexibility index (Phi) is 3.50. The third-order valence-electron chi connectivity index (χ3n) is 4.25. The first-order chi connectivity index (χ1) is 12.0. The lowest BCUT2D eigenvalue weighted by atomic mass is 10.0. The molecule has 4 nitrogen and oxygen atoms in total.